The Labute approximate surface area is 103 Å². The van der Waals surface area contributed by atoms with Crippen LogP contribution in [0.5, 0.6) is 0 Å². The standard InChI is InChI=1S/C13H11N3O2/c1-8-2-7-11(17-8)12-15-13(18-16-12)9-3-5-10(14)6-4-9/h2-7H,14H2,1H3. The molecule has 5 nitrogen and oxygen atoms in total. The summed E-state index contributed by atoms with van der Waals surface area (Å²) in [4.78, 5) is 4.28. The molecule has 0 bridgehead atoms. The van der Waals surface area contributed by atoms with Crippen molar-refractivity contribution in [3.63, 3.8) is 0 Å². The van der Waals surface area contributed by atoms with Gasteiger partial charge in [0, 0.05) is 11.3 Å². The maximum absolute atomic E-state index is 5.62. The SMILES string of the molecule is Cc1ccc(-c2noc(-c3ccc(N)cc3)n2)o1. The van der Waals surface area contributed by atoms with E-state index in [1.807, 2.05) is 31.2 Å². The van der Waals surface area contributed by atoms with Crippen molar-refractivity contribution in [2.24, 2.45) is 0 Å². The molecule has 18 heavy (non-hydrogen) atoms. The Hall–Kier alpha value is -2.56. The molecule has 3 rings (SSSR count). The van der Waals surface area contributed by atoms with E-state index in [1.54, 1.807) is 12.1 Å². The number of aryl methyl sites for hydroxylation is 1. The van der Waals surface area contributed by atoms with Gasteiger partial charge in [0.1, 0.15) is 5.76 Å². The van der Waals surface area contributed by atoms with Crippen LogP contribution < -0.4 is 5.73 Å². The Bertz CT molecular complexity index is 668. The van der Waals surface area contributed by atoms with Crippen LogP contribution in [0.25, 0.3) is 23.0 Å². The fourth-order valence-electron chi connectivity index (χ4n) is 1.62. The molecule has 0 spiro atoms. The van der Waals surface area contributed by atoms with Crippen LogP contribution in [0.4, 0.5) is 5.69 Å². The predicted molar refractivity (Wildman–Crippen MR) is 66.6 cm³/mol. The van der Waals surface area contributed by atoms with Gasteiger partial charge in [0.2, 0.25) is 5.82 Å². The molecule has 0 amide bonds. The maximum Gasteiger partial charge on any atom is 0.258 e. The second-order valence-corrected chi connectivity index (χ2v) is 3.96. The Kier molecular flexibility index (Phi) is 2.37. The number of furan rings is 1. The number of hydrogen-bond donors (Lipinski definition) is 1. The third-order valence-electron chi connectivity index (χ3n) is 2.54. The van der Waals surface area contributed by atoms with E-state index >= 15 is 0 Å². The van der Waals surface area contributed by atoms with Crippen molar-refractivity contribution in [1.29, 1.82) is 0 Å². The van der Waals surface area contributed by atoms with Crippen molar-refractivity contribution >= 4 is 5.69 Å². The molecule has 0 aliphatic rings. The summed E-state index contributed by atoms with van der Waals surface area (Å²) in [5, 5.41) is 3.89. The van der Waals surface area contributed by atoms with Gasteiger partial charge in [-0.25, -0.2) is 0 Å². The minimum absolute atomic E-state index is 0.440. The van der Waals surface area contributed by atoms with Crippen molar-refractivity contribution in [3.8, 4) is 23.0 Å². The van der Waals surface area contributed by atoms with Gasteiger partial charge < -0.3 is 14.7 Å². The van der Waals surface area contributed by atoms with Crippen LogP contribution in [0.2, 0.25) is 0 Å². The average molecular weight is 241 g/mol. The minimum atomic E-state index is 0.440. The summed E-state index contributed by atoms with van der Waals surface area (Å²) in [6, 6.07) is 10.9. The summed E-state index contributed by atoms with van der Waals surface area (Å²) in [5.74, 6) is 2.29. The molecule has 2 N–H and O–H groups in total. The summed E-state index contributed by atoms with van der Waals surface area (Å²) in [7, 11) is 0. The highest BCUT2D eigenvalue weighted by molar-refractivity contribution is 5.59. The van der Waals surface area contributed by atoms with E-state index in [1.165, 1.54) is 0 Å². The number of anilines is 1. The third-order valence-corrected chi connectivity index (χ3v) is 2.54. The van der Waals surface area contributed by atoms with Crippen molar-refractivity contribution in [1.82, 2.24) is 10.1 Å². The molecule has 2 heterocycles. The van der Waals surface area contributed by atoms with E-state index in [0.29, 0.717) is 23.2 Å². The van der Waals surface area contributed by atoms with E-state index in [-0.39, 0.29) is 0 Å². The highest BCUT2D eigenvalue weighted by Crippen LogP contribution is 2.23. The summed E-state index contributed by atoms with van der Waals surface area (Å²) < 4.78 is 10.6. The molecule has 0 saturated heterocycles. The topological polar surface area (TPSA) is 78.1 Å². The summed E-state index contributed by atoms with van der Waals surface area (Å²) in [6.45, 7) is 1.87. The van der Waals surface area contributed by atoms with Gasteiger partial charge in [0.05, 0.1) is 0 Å². The van der Waals surface area contributed by atoms with Crippen molar-refractivity contribution in [2.45, 2.75) is 6.92 Å². The maximum atomic E-state index is 5.62. The molecule has 0 saturated carbocycles. The highest BCUT2D eigenvalue weighted by Gasteiger charge is 2.12. The average Bonchev–Trinajstić information content (AvgIpc) is 2.98. The number of hydrogen-bond acceptors (Lipinski definition) is 5. The number of nitrogens with zero attached hydrogens (tertiary/aromatic N) is 2. The minimum Gasteiger partial charge on any atom is -0.458 e. The molecule has 0 fully saturated rings. The van der Waals surface area contributed by atoms with Gasteiger partial charge in [0.25, 0.3) is 5.89 Å². The zero-order chi connectivity index (χ0) is 12.5. The van der Waals surface area contributed by atoms with Crippen LogP contribution in [-0.2, 0) is 0 Å². The lowest BCUT2D eigenvalue weighted by molar-refractivity contribution is 0.429. The molecular weight excluding hydrogens is 230 g/mol. The molecule has 2 aromatic heterocycles. The molecule has 0 unspecified atom stereocenters. The molecule has 5 heteroatoms. The van der Waals surface area contributed by atoms with E-state index in [4.69, 9.17) is 14.7 Å². The third kappa shape index (κ3) is 1.86. The summed E-state index contributed by atoms with van der Waals surface area (Å²) in [5.41, 5.74) is 7.14. The van der Waals surface area contributed by atoms with Crippen LogP contribution in [0.3, 0.4) is 0 Å². The van der Waals surface area contributed by atoms with E-state index in [9.17, 15) is 0 Å². The Balaban J connectivity index is 1.96. The highest BCUT2D eigenvalue weighted by atomic mass is 16.5. The van der Waals surface area contributed by atoms with Crippen LogP contribution in [-0.4, -0.2) is 10.1 Å². The smallest absolute Gasteiger partial charge is 0.258 e. The first kappa shape index (κ1) is 10.6. The second-order valence-electron chi connectivity index (χ2n) is 3.96. The molecule has 0 aliphatic carbocycles. The largest absolute Gasteiger partial charge is 0.458 e. The van der Waals surface area contributed by atoms with Crippen LogP contribution >= 0.6 is 0 Å². The van der Waals surface area contributed by atoms with Crippen LogP contribution in [0.1, 0.15) is 5.76 Å². The Morgan fingerprint density at radius 1 is 1.06 bits per heavy atom. The first-order valence-electron chi connectivity index (χ1n) is 5.49. The summed E-state index contributed by atoms with van der Waals surface area (Å²) >= 11 is 0. The van der Waals surface area contributed by atoms with Crippen molar-refractivity contribution < 1.29 is 8.94 Å². The van der Waals surface area contributed by atoms with Crippen molar-refractivity contribution in [3.05, 3.63) is 42.2 Å². The quantitative estimate of drug-likeness (QED) is 0.698. The molecule has 0 radical (unpaired) electrons. The van der Waals surface area contributed by atoms with Gasteiger partial charge >= 0.3 is 0 Å². The molecule has 1 aromatic carbocycles. The van der Waals surface area contributed by atoms with Crippen LogP contribution in [0, 0.1) is 6.92 Å². The number of aromatic nitrogens is 2. The van der Waals surface area contributed by atoms with Crippen molar-refractivity contribution in [2.75, 3.05) is 5.73 Å². The zero-order valence-corrected chi connectivity index (χ0v) is 9.75. The van der Waals surface area contributed by atoms with Gasteiger partial charge in [-0.2, -0.15) is 4.98 Å². The van der Waals surface area contributed by atoms with E-state index in [2.05, 4.69) is 10.1 Å². The zero-order valence-electron chi connectivity index (χ0n) is 9.75. The lowest BCUT2D eigenvalue weighted by Gasteiger charge is -1.94. The lowest BCUT2D eigenvalue weighted by Crippen LogP contribution is -1.84. The second kappa shape index (κ2) is 4.03. The molecule has 0 atom stereocenters. The predicted octanol–water partition coefficient (Wildman–Crippen LogP) is 2.89. The van der Waals surface area contributed by atoms with Gasteiger partial charge in [-0.3, -0.25) is 0 Å². The van der Waals surface area contributed by atoms with Crippen LogP contribution in [0.15, 0.2) is 45.3 Å². The Morgan fingerprint density at radius 3 is 2.50 bits per heavy atom. The first-order valence-corrected chi connectivity index (χ1v) is 5.49. The number of rotatable bonds is 2. The van der Waals surface area contributed by atoms with Gasteiger partial charge in [0.15, 0.2) is 5.76 Å². The monoisotopic (exact) mass is 241 g/mol. The van der Waals surface area contributed by atoms with E-state index in [0.717, 1.165) is 11.3 Å². The Morgan fingerprint density at radius 2 is 1.83 bits per heavy atom. The van der Waals surface area contributed by atoms with Gasteiger partial charge in [-0.1, -0.05) is 5.16 Å². The summed E-state index contributed by atoms with van der Waals surface area (Å²) in [6.07, 6.45) is 0. The molecule has 90 valence electrons. The molecular formula is C13H11N3O2. The van der Waals surface area contributed by atoms with Gasteiger partial charge in [-0.15, -0.1) is 0 Å². The fourth-order valence-corrected chi connectivity index (χ4v) is 1.62. The number of nitrogens with two attached hydrogens (primary N) is 1. The first-order chi connectivity index (χ1) is 8.72. The lowest BCUT2D eigenvalue weighted by atomic mass is 10.2. The van der Waals surface area contributed by atoms with Gasteiger partial charge in [-0.05, 0) is 43.3 Å². The van der Waals surface area contributed by atoms with E-state index < -0.39 is 0 Å². The normalized spacial score (nSPS) is 10.7. The molecule has 3 aromatic rings. The number of nitrogen functional groups attached to an aromatic ring is 1. The number of benzene rings is 1. The molecule has 0 aliphatic heterocycles. The fraction of sp³-hybridized carbons (Fsp3) is 0.0769.